The minimum absolute atomic E-state index is 0.000258. The minimum Gasteiger partial charge on any atom is -0.450 e. The number of aliphatic hydroxyl groups is 1. The third-order valence-electron chi connectivity index (χ3n) is 10.9. The monoisotopic (exact) mass is 833 g/mol. The van der Waals surface area contributed by atoms with Gasteiger partial charge >= 0.3 is 12.2 Å². The zero-order valence-corrected chi connectivity index (χ0v) is 35.5. The lowest BCUT2D eigenvalue weighted by Crippen LogP contribution is -2.49. The molecule has 2 aliphatic heterocycles. The van der Waals surface area contributed by atoms with Crippen LogP contribution in [0.5, 0.6) is 0 Å². The normalized spacial score (nSPS) is 27.4. The summed E-state index contributed by atoms with van der Waals surface area (Å²) in [7, 11) is 2.87. The van der Waals surface area contributed by atoms with Crippen molar-refractivity contribution in [3.05, 3.63) is 93.9 Å². The number of fused-ring (bicyclic) bond motifs is 2. The number of rotatable bonds is 9. The summed E-state index contributed by atoms with van der Waals surface area (Å²) < 4.78 is 21.8. The molecule has 16 heteroatoms. The predicted molar refractivity (Wildman–Crippen MR) is 222 cm³/mol. The van der Waals surface area contributed by atoms with Crippen molar-refractivity contribution in [3.8, 4) is 0 Å². The number of Topliss-reactive ketones (excluding diaryl/α,β-unsaturated/α-hetero) is 1. The van der Waals surface area contributed by atoms with E-state index in [1.54, 1.807) is 50.0 Å². The van der Waals surface area contributed by atoms with Crippen LogP contribution in [-0.4, -0.2) is 128 Å². The Morgan fingerprint density at radius 3 is 2.30 bits per heavy atom. The highest BCUT2D eigenvalue weighted by atomic mass is 16.6. The lowest BCUT2D eigenvalue weighted by atomic mass is 9.85. The van der Waals surface area contributed by atoms with Gasteiger partial charge in [0.1, 0.15) is 6.10 Å². The Bertz CT molecular complexity index is 1910. The molecule has 3 aliphatic rings. The fourth-order valence-electron chi connectivity index (χ4n) is 7.39. The molecule has 1 aromatic rings. The van der Waals surface area contributed by atoms with Crippen LogP contribution < -0.4 is 16.4 Å². The van der Waals surface area contributed by atoms with Crippen molar-refractivity contribution in [1.29, 1.82) is 0 Å². The second kappa shape index (κ2) is 22.3. The molecule has 0 saturated carbocycles. The van der Waals surface area contributed by atoms with E-state index in [1.807, 2.05) is 19.1 Å². The van der Waals surface area contributed by atoms with Crippen LogP contribution in [0.3, 0.4) is 0 Å². The lowest BCUT2D eigenvalue weighted by Gasteiger charge is -2.34. The number of nitrogens with one attached hydrogen (secondary N) is 2. The first-order chi connectivity index (χ1) is 28.6. The fourth-order valence-corrected chi connectivity index (χ4v) is 7.39. The Labute approximate surface area is 351 Å². The van der Waals surface area contributed by atoms with Crippen molar-refractivity contribution in [2.45, 2.75) is 78.3 Å². The molecule has 2 bridgehead atoms. The lowest BCUT2D eigenvalue weighted by molar-refractivity contribution is -0.120. The number of methoxy groups -OCH3 is 2. The van der Waals surface area contributed by atoms with Crippen LogP contribution in [0.4, 0.5) is 9.59 Å². The number of hydrogen-bond acceptors (Lipinski definition) is 12. The average molecular weight is 834 g/mol. The van der Waals surface area contributed by atoms with Crippen molar-refractivity contribution >= 4 is 35.6 Å². The molecule has 60 heavy (non-hydrogen) atoms. The van der Waals surface area contributed by atoms with Gasteiger partial charge in [0.05, 0.1) is 30.2 Å². The molecule has 0 radical (unpaired) electrons. The third-order valence-corrected chi connectivity index (χ3v) is 10.9. The molecule has 0 spiro atoms. The van der Waals surface area contributed by atoms with E-state index in [4.69, 9.17) is 24.7 Å². The summed E-state index contributed by atoms with van der Waals surface area (Å²) in [4.78, 5) is 82.7. The van der Waals surface area contributed by atoms with Gasteiger partial charge in [0.15, 0.2) is 6.10 Å². The van der Waals surface area contributed by atoms with Gasteiger partial charge in [0, 0.05) is 75.6 Å². The number of ketones is 2. The quantitative estimate of drug-likeness (QED) is 0.208. The molecule has 1 saturated heterocycles. The first-order valence-electron chi connectivity index (χ1n) is 20.2. The summed E-state index contributed by atoms with van der Waals surface area (Å²) in [6.45, 7) is 12.3. The van der Waals surface area contributed by atoms with Gasteiger partial charge in [-0.2, -0.15) is 0 Å². The van der Waals surface area contributed by atoms with E-state index in [0.717, 1.165) is 37.7 Å². The topological polar surface area (TPSA) is 216 Å². The molecule has 16 nitrogen and oxygen atoms in total. The molecular weight excluding hydrogens is 775 g/mol. The molecule has 1 aromatic carbocycles. The van der Waals surface area contributed by atoms with E-state index < -0.39 is 59.8 Å². The number of aliphatic hydroxyl groups excluding tert-OH is 1. The van der Waals surface area contributed by atoms with Gasteiger partial charge in [-0.15, -0.1) is 0 Å². The Morgan fingerprint density at radius 2 is 1.68 bits per heavy atom. The highest BCUT2D eigenvalue weighted by Crippen LogP contribution is 2.29. The molecule has 2 heterocycles. The number of hydrogen-bond donors (Lipinski definition) is 4. The Hall–Kier alpha value is -5.42. The second-order valence-corrected chi connectivity index (χ2v) is 15.4. The number of allylic oxidation sites excluding steroid dienone is 4. The number of piperazine rings is 1. The summed E-state index contributed by atoms with van der Waals surface area (Å²) in [5, 5.41) is 16.7. The molecule has 0 aromatic heterocycles. The minimum atomic E-state index is -1.05. The SMILES string of the molecule is CCOC(=O)N1CCN(CCc2ccc(C(=O)NC3=C4C[C@@H](C)C[C@@H](OC)[C@@H](O)[C@@H](C)/C=C(/C)[C@@H](OC(N)=O)[C@H](OC)/C=C\C=C(\C)C(=O)NC(=CC3=O)C4=O)cc2)CC1. The van der Waals surface area contributed by atoms with Crippen LogP contribution in [0.15, 0.2) is 82.8 Å². The zero-order chi connectivity index (χ0) is 44.1. The predicted octanol–water partition coefficient (Wildman–Crippen LogP) is 3.51. The maximum atomic E-state index is 14.1. The Balaban J connectivity index is 1.57. The maximum absolute atomic E-state index is 14.1. The number of nitrogens with two attached hydrogens (primary N) is 1. The van der Waals surface area contributed by atoms with E-state index in [2.05, 4.69) is 15.5 Å². The highest BCUT2D eigenvalue weighted by molar-refractivity contribution is 6.24. The first kappa shape index (κ1) is 47.3. The van der Waals surface area contributed by atoms with E-state index in [-0.39, 0.29) is 53.0 Å². The van der Waals surface area contributed by atoms with Crippen molar-refractivity contribution in [2.75, 3.05) is 53.6 Å². The van der Waals surface area contributed by atoms with Crippen LogP contribution >= 0.6 is 0 Å². The molecule has 5 N–H and O–H groups in total. The third kappa shape index (κ3) is 12.8. The summed E-state index contributed by atoms with van der Waals surface area (Å²) in [6, 6.07) is 6.98. The maximum Gasteiger partial charge on any atom is 0.409 e. The van der Waals surface area contributed by atoms with Crippen LogP contribution in [0.2, 0.25) is 0 Å². The average Bonchev–Trinajstić information content (AvgIpc) is 3.22. The van der Waals surface area contributed by atoms with Crippen LogP contribution in [0.1, 0.15) is 63.4 Å². The number of ether oxygens (including phenoxy) is 4. The van der Waals surface area contributed by atoms with Gasteiger partial charge in [-0.1, -0.05) is 50.3 Å². The van der Waals surface area contributed by atoms with Crippen molar-refractivity contribution < 1.29 is 52.8 Å². The number of primary amides is 1. The molecule has 0 unspecified atom stereocenters. The van der Waals surface area contributed by atoms with Crippen molar-refractivity contribution in [3.63, 3.8) is 0 Å². The van der Waals surface area contributed by atoms with Crippen molar-refractivity contribution in [1.82, 2.24) is 20.4 Å². The number of carbonyl (C=O) groups is 6. The van der Waals surface area contributed by atoms with Gasteiger partial charge in [-0.25, -0.2) is 9.59 Å². The smallest absolute Gasteiger partial charge is 0.409 e. The first-order valence-corrected chi connectivity index (χ1v) is 20.2. The number of benzene rings is 1. The molecule has 4 amide bonds. The van der Waals surface area contributed by atoms with E-state index >= 15 is 0 Å². The second-order valence-electron chi connectivity index (χ2n) is 15.4. The van der Waals surface area contributed by atoms with Gasteiger partial charge in [-0.3, -0.25) is 24.1 Å². The number of amides is 4. The molecule has 1 aliphatic carbocycles. The van der Waals surface area contributed by atoms with Gasteiger partial charge in [0.25, 0.3) is 11.8 Å². The number of carbonyl (C=O) groups excluding carboxylic acids is 6. The van der Waals surface area contributed by atoms with Crippen LogP contribution in [0, 0.1) is 11.8 Å². The van der Waals surface area contributed by atoms with Crippen LogP contribution in [0.25, 0.3) is 0 Å². The molecule has 326 valence electrons. The van der Waals surface area contributed by atoms with Gasteiger partial charge in [-0.05, 0) is 69.2 Å². The van der Waals surface area contributed by atoms with E-state index in [1.165, 1.54) is 33.3 Å². The molecule has 4 rings (SSSR count). The molecule has 6 atom stereocenters. The fraction of sp³-hybridized carbons (Fsp3) is 0.500. The standard InChI is InChI=1S/C44H59N5O11/c1-8-59-44(56)49-20-18-48(19-21-49)17-16-30-12-14-31(15-13-30)42(54)47-37-32-22-26(2)23-36(58-7)38(51)28(4)24-29(5)40(60-43(45)55)35(57-6)11-9-10-27(3)41(53)46-33(39(32)52)25-34(37)50/h9-15,24-26,28,35-36,38,40,51H,8,16-23H2,1-7H3,(H2,45,55)(H,46,53)(H,47,54)/b11-9-,27-10-,29-24-/t26-,28+,35-,36-,38+,40-/m1/s1. The summed E-state index contributed by atoms with van der Waals surface area (Å²) in [6.07, 6.45) is 3.31. The number of nitrogens with zero attached hydrogens (tertiary/aromatic N) is 2. The summed E-state index contributed by atoms with van der Waals surface area (Å²) in [5.74, 6) is -3.46. The van der Waals surface area contributed by atoms with Gasteiger partial charge in [0.2, 0.25) is 11.6 Å². The Kier molecular flexibility index (Phi) is 17.5. The molecular formula is C44H59N5O11. The zero-order valence-electron chi connectivity index (χ0n) is 35.5. The largest absolute Gasteiger partial charge is 0.450 e. The summed E-state index contributed by atoms with van der Waals surface area (Å²) in [5.41, 5.74) is 6.93. The van der Waals surface area contributed by atoms with E-state index in [9.17, 15) is 33.9 Å². The van der Waals surface area contributed by atoms with Gasteiger partial charge < -0.3 is 45.3 Å². The van der Waals surface area contributed by atoms with E-state index in [0.29, 0.717) is 25.3 Å². The van der Waals surface area contributed by atoms with Crippen molar-refractivity contribution in [2.24, 2.45) is 17.6 Å². The molecule has 1 fully saturated rings. The Morgan fingerprint density at radius 1 is 1.00 bits per heavy atom. The van der Waals surface area contributed by atoms with Crippen LogP contribution in [-0.2, 0) is 39.8 Å². The summed E-state index contributed by atoms with van der Waals surface area (Å²) >= 11 is 0. The highest BCUT2D eigenvalue weighted by Gasteiger charge is 2.34.